The highest BCUT2D eigenvalue weighted by atomic mass is 35.5. The molecule has 1 fully saturated rings. The number of allylic oxidation sites excluding steroid dienone is 1. The molecular weight excluding hydrogens is 318 g/mol. The minimum Gasteiger partial charge on any atom is -0.326 e. The van der Waals surface area contributed by atoms with Crippen LogP contribution in [0.2, 0.25) is 5.02 Å². The van der Waals surface area contributed by atoms with Crippen molar-refractivity contribution in [2.75, 3.05) is 13.1 Å². The van der Waals surface area contributed by atoms with Crippen LogP contribution < -0.4 is 5.56 Å². The van der Waals surface area contributed by atoms with Gasteiger partial charge in [0.25, 0.3) is 5.56 Å². The second-order valence-electron chi connectivity index (χ2n) is 5.47. The Morgan fingerprint density at radius 1 is 1.45 bits per heavy atom. The molecule has 3 heterocycles. The van der Waals surface area contributed by atoms with Gasteiger partial charge in [-0.25, -0.2) is 0 Å². The number of hydrogen-bond acceptors (Lipinski definition) is 4. The molecule has 1 aliphatic rings. The van der Waals surface area contributed by atoms with Crippen LogP contribution >= 0.6 is 22.9 Å². The highest BCUT2D eigenvalue weighted by Crippen LogP contribution is 2.26. The van der Waals surface area contributed by atoms with E-state index in [1.807, 2.05) is 11.4 Å². The summed E-state index contributed by atoms with van der Waals surface area (Å²) in [6.45, 7) is 2.61. The molecule has 2 aromatic rings. The maximum atomic E-state index is 11.7. The zero-order valence-corrected chi connectivity index (χ0v) is 13.7. The lowest BCUT2D eigenvalue weighted by atomic mass is 9.96. The van der Waals surface area contributed by atoms with Crippen molar-refractivity contribution in [2.24, 2.45) is 5.92 Å². The first-order valence-corrected chi connectivity index (χ1v) is 8.64. The number of hydrogen-bond donors (Lipinski definition) is 1. The van der Waals surface area contributed by atoms with Crippen molar-refractivity contribution in [2.45, 2.75) is 19.4 Å². The standard InChI is InChI=1S/C16H18ClN3OS/c17-13-5-10-22-15(13)2-1-12-3-8-20(9-4-12)11-14-16(21)19-7-6-18-14/h1-2,5-7,10,12H,3-4,8-9,11H2,(H,19,21). The number of H-pyrrole nitrogens is 1. The number of nitrogens with zero attached hydrogens (tertiary/aromatic N) is 2. The van der Waals surface area contributed by atoms with Crippen molar-refractivity contribution in [3.63, 3.8) is 0 Å². The molecule has 0 aromatic carbocycles. The van der Waals surface area contributed by atoms with Crippen molar-refractivity contribution in [3.8, 4) is 0 Å². The van der Waals surface area contributed by atoms with Crippen LogP contribution in [0, 0.1) is 5.92 Å². The molecule has 0 aliphatic carbocycles. The summed E-state index contributed by atoms with van der Waals surface area (Å²) >= 11 is 7.76. The number of likely N-dealkylation sites (tertiary alicyclic amines) is 1. The molecule has 0 bridgehead atoms. The van der Waals surface area contributed by atoms with Crippen molar-refractivity contribution >= 4 is 29.0 Å². The third-order valence-electron chi connectivity index (χ3n) is 3.95. The van der Waals surface area contributed by atoms with Crippen LogP contribution in [0.4, 0.5) is 0 Å². The molecular formula is C16H18ClN3OS. The first-order valence-electron chi connectivity index (χ1n) is 7.38. The van der Waals surface area contributed by atoms with Gasteiger partial charge in [-0.3, -0.25) is 14.7 Å². The first kappa shape index (κ1) is 15.5. The number of thiophene rings is 1. The van der Waals surface area contributed by atoms with Gasteiger partial charge < -0.3 is 4.98 Å². The molecule has 6 heteroatoms. The van der Waals surface area contributed by atoms with E-state index in [1.165, 1.54) is 0 Å². The SMILES string of the molecule is O=c1[nH]ccnc1CN1CCC(C=Cc2sccc2Cl)CC1. The summed E-state index contributed by atoms with van der Waals surface area (Å²) in [5.74, 6) is 0.580. The Morgan fingerprint density at radius 3 is 2.95 bits per heavy atom. The Hall–Kier alpha value is -1.43. The zero-order valence-electron chi connectivity index (χ0n) is 12.2. The molecule has 0 radical (unpaired) electrons. The van der Waals surface area contributed by atoms with Crippen molar-refractivity contribution in [1.82, 2.24) is 14.9 Å². The largest absolute Gasteiger partial charge is 0.326 e. The topological polar surface area (TPSA) is 49.0 Å². The smallest absolute Gasteiger partial charge is 0.270 e. The fraction of sp³-hybridized carbons (Fsp3) is 0.375. The number of nitrogens with one attached hydrogen (secondary N) is 1. The molecule has 22 heavy (non-hydrogen) atoms. The number of rotatable bonds is 4. The van der Waals surface area contributed by atoms with E-state index < -0.39 is 0 Å². The first-order chi connectivity index (χ1) is 10.7. The summed E-state index contributed by atoms with van der Waals surface area (Å²) in [5.41, 5.74) is 0.513. The minimum atomic E-state index is -0.0862. The van der Waals surface area contributed by atoms with E-state index in [0.29, 0.717) is 18.2 Å². The van der Waals surface area contributed by atoms with E-state index >= 15 is 0 Å². The molecule has 2 aromatic heterocycles. The van der Waals surface area contributed by atoms with E-state index in [1.54, 1.807) is 23.7 Å². The van der Waals surface area contributed by atoms with Crippen LogP contribution in [0.3, 0.4) is 0 Å². The van der Waals surface area contributed by atoms with Crippen molar-refractivity contribution < 1.29 is 0 Å². The number of aromatic amines is 1. The van der Waals surface area contributed by atoms with Crippen LogP contribution in [-0.4, -0.2) is 28.0 Å². The summed E-state index contributed by atoms with van der Waals surface area (Å²) in [7, 11) is 0. The molecule has 0 amide bonds. The van der Waals surface area contributed by atoms with Gasteiger partial charge in [-0.15, -0.1) is 11.3 Å². The van der Waals surface area contributed by atoms with Gasteiger partial charge in [0, 0.05) is 23.8 Å². The van der Waals surface area contributed by atoms with Gasteiger partial charge in [0.1, 0.15) is 5.69 Å². The summed E-state index contributed by atoms with van der Waals surface area (Å²) in [4.78, 5) is 21.9. The van der Waals surface area contributed by atoms with Gasteiger partial charge >= 0.3 is 0 Å². The van der Waals surface area contributed by atoms with E-state index in [2.05, 4.69) is 27.0 Å². The van der Waals surface area contributed by atoms with E-state index in [-0.39, 0.29) is 5.56 Å². The third-order valence-corrected chi connectivity index (χ3v) is 5.28. The third kappa shape index (κ3) is 3.85. The van der Waals surface area contributed by atoms with Crippen LogP contribution in [0.1, 0.15) is 23.4 Å². The fourth-order valence-electron chi connectivity index (χ4n) is 2.66. The molecule has 0 unspecified atom stereocenters. The van der Waals surface area contributed by atoms with Crippen LogP contribution in [-0.2, 0) is 6.54 Å². The van der Waals surface area contributed by atoms with Crippen molar-refractivity contribution in [3.05, 3.63) is 55.9 Å². The molecule has 0 atom stereocenters. The lowest BCUT2D eigenvalue weighted by Crippen LogP contribution is -2.34. The molecule has 0 spiro atoms. The Kier molecular flexibility index (Phi) is 5.08. The summed E-state index contributed by atoms with van der Waals surface area (Å²) < 4.78 is 0. The second kappa shape index (κ2) is 7.22. The lowest BCUT2D eigenvalue weighted by Gasteiger charge is -2.30. The predicted molar refractivity (Wildman–Crippen MR) is 91.2 cm³/mol. The van der Waals surface area contributed by atoms with Crippen LogP contribution in [0.5, 0.6) is 0 Å². The summed E-state index contributed by atoms with van der Waals surface area (Å²) in [6.07, 6.45) is 9.81. The average molecular weight is 336 g/mol. The number of piperidine rings is 1. The predicted octanol–water partition coefficient (Wildman–Crippen LogP) is 3.41. The normalized spacial score (nSPS) is 17.3. The Bertz CT molecular complexity index is 701. The second-order valence-corrected chi connectivity index (χ2v) is 6.83. The zero-order chi connectivity index (χ0) is 15.4. The highest BCUT2D eigenvalue weighted by molar-refractivity contribution is 7.11. The highest BCUT2D eigenvalue weighted by Gasteiger charge is 2.18. The van der Waals surface area contributed by atoms with Crippen LogP contribution in [0.15, 0.2) is 34.7 Å². The number of aromatic nitrogens is 2. The van der Waals surface area contributed by atoms with E-state index in [0.717, 1.165) is 35.8 Å². The maximum Gasteiger partial charge on any atom is 0.270 e. The minimum absolute atomic E-state index is 0.0862. The van der Waals surface area contributed by atoms with Gasteiger partial charge in [0.15, 0.2) is 0 Å². The molecule has 3 rings (SSSR count). The summed E-state index contributed by atoms with van der Waals surface area (Å²) in [5, 5.41) is 2.84. The van der Waals surface area contributed by atoms with Crippen LogP contribution in [0.25, 0.3) is 6.08 Å². The molecule has 0 saturated carbocycles. The monoisotopic (exact) mass is 335 g/mol. The molecule has 116 valence electrons. The molecule has 1 aliphatic heterocycles. The molecule has 1 N–H and O–H groups in total. The van der Waals surface area contributed by atoms with Gasteiger partial charge in [-0.05, 0) is 49.4 Å². The molecule has 1 saturated heterocycles. The Morgan fingerprint density at radius 2 is 2.27 bits per heavy atom. The van der Waals surface area contributed by atoms with E-state index in [9.17, 15) is 4.79 Å². The Labute approximate surface area is 138 Å². The summed E-state index contributed by atoms with van der Waals surface area (Å²) in [6, 6.07) is 1.93. The van der Waals surface area contributed by atoms with Gasteiger partial charge in [-0.1, -0.05) is 17.7 Å². The van der Waals surface area contributed by atoms with E-state index in [4.69, 9.17) is 11.6 Å². The number of halogens is 1. The fourth-order valence-corrected chi connectivity index (χ4v) is 3.68. The maximum absolute atomic E-state index is 11.7. The van der Waals surface area contributed by atoms with Gasteiger partial charge in [0.05, 0.1) is 5.02 Å². The van der Waals surface area contributed by atoms with Gasteiger partial charge in [0.2, 0.25) is 0 Å². The molecule has 4 nitrogen and oxygen atoms in total. The quantitative estimate of drug-likeness (QED) is 0.931. The Balaban J connectivity index is 1.52. The van der Waals surface area contributed by atoms with Crippen molar-refractivity contribution in [1.29, 1.82) is 0 Å². The lowest BCUT2D eigenvalue weighted by molar-refractivity contribution is 0.193. The average Bonchev–Trinajstić information content (AvgIpc) is 2.94. The van der Waals surface area contributed by atoms with Gasteiger partial charge in [-0.2, -0.15) is 0 Å².